The predicted octanol–water partition coefficient (Wildman–Crippen LogP) is 9.36. The van der Waals surface area contributed by atoms with E-state index < -0.39 is 0 Å². The summed E-state index contributed by atoms with van der Waals surface area (Å²) in [5.74, 6) is 2.41. The van der Waals surface area contributed by atoms with Crippen LogP contribution in [0.5, 0.6) is 11.5 Å². The number of furan rings is 2. The monoisotopic (exact) mass is 830 g/mol. The number of imidazole rings is 2. The van der Waals surface area contributed by atoms with Crippen LogP contribution >= 0.6 is 0 Å². The van der Waals surface area contributed by atoms with E-state index in [1.165, 1.54) is 0 Å². The van der Waals surface area contributed by atoms with Crippen molar-refractivity contribution in [3.63, 3.8) is 0 Å². The summed E-state index contributed by atoms with van der Waals surface area (Å²) in [6, 6.07) is 39.2. The molecule has 0 amide bonds. The van der Waals surface area contributed by atoms with E-state index in [0.29, 0.717) is 28.2 Å². The second-order valence-corrected chi connectivity index (χ2v) is 12.1. The quantitative estimate of drug-likeness (QED) is 0.164. The van der Waals surface area contributed by atoms with Crippen LogP contribution in [0.15, 0.2) is 124 Å². The maximum Gasteiger partial charge on any atom is 0.208 e. The smallest absolute Gasteiger partial charge is 0.208 e. The molecule has 0 unspecified atom stereocenters. The van der Waals surface area contributed by atoms with Crippen LogP contribution in [0.4, 0.5) is 5.69 Å². The first-order chi connectivity index (χ1) is 24.2. The molecule has 11 rings (SSSR count). The summed E-state index contributed by atoms with van der Waals surface area (Å²) < 4.78 is 23.8. The Labute approximate surface area is 298 Å². The van der Waals surface area contributed by atoms with Crippen molar-refractivity contribution >= 4 is 77.4 Å². The molecule has 10 aromatic rings. The molecule has 50 heavy (non-hydrogen) atoms. The van der Waals surface area contributed by atoms with E-state index in [2.05, 4.69) is 51.8 Å². The Balaban J connectivity index is 0.00000316. The normalized spacial score (nSPS) is 13.3. The van der Waals surface area contributed by atoms with E-state index in [1.54, 1.807) is 6.20 Å². The number of nitrogens with zero attached hydrogens (tertiary/aromatic N) is 6. The van der Waals surface area contributed by atoms with Gasteiger partial charge in [-0.1, -0.05) is 47.9 Å². The molecule has 0 N–H and O–H groups in total. The number of hydrogen-bond donors (Lipinski definition) is 0. The molecule has 1 aliphatic heterocycles. The maximum atomic E-state index is 6.70. The van der Waals surface area contributed by atoms with Gasteiger partial charge in [-0.25, -0.2) is 9.97 Å². The number of benzene rings is 5. The second-order valence-electron chi connectivity index (χ2n) is 12.1. The van der Waals surface area contributed by atoms with Gasteiger partial charge in [0.15, 0.2) is 11.2 Å². The van der Waals surface area contributed by atoms with Crippen molar-refractivity contribution in [2.45, 2.75) is 0 Å². The standard InChI is InChI=1S/C40H23N6O3.Pt/c1-43-18-19-44(23-43)24-20-29-28-15-14-27-26-8-2-5-11-34(26)48-38(27)39(28)49-37(29)35(21-24)47-25-13-16-32-33(22-25)46(36-12-6-7-17-41-36)40-42-30-9-3-4-10-31(30)45(32)40;/h2-20,23H,1H3;/q-3;. The predicted molar refractivity (Wildman–Crippen MR) is 190 cm³/mol. The summed E-state index contributed by atoms with van der Waals surface area (Å²) in [7, 11) is 1.99. The number of hydrogen-bond acceptors (Lipinski definition) is 7. The van der Waals surface area contributed by atoms with E-state index in [-0.39, 0.29) is 21.1 Å². The fourth-order valence-corrected chi connectivity index (χ4v) is 7.00. The van der Waals surface area contributed by atoms with Crippen LogP contribution in [0, 0.1) is 18.8 Å². The molecule has 0 atom stereocenters. The summed E-state index contributed by atoms with van der Waals surface area (Å²) in [6.45, 7) is 1.99. The van der Waals surface area contributed by atoms with E-state index >= 15 is 0 Å². The summed E-state index contributed by atoms with van der Waals surface area (Å²) in [4.78, 5) is 13.6. The van der Waals surface area contributed by atoms with Crippen molar-refractivity contribution in [3.8, 4) is 17.3 Å². The van der Waals surface area contributed by atoms with Crippen LogP contribution in [0.1, 0.15) is 0 Å². The minimum atomic E-state index is 0. The van der Waals surface area contributed by atoms with E-state index in [1.807, 2.05) is 107 Å². The van der Waals surface area contributed by atoms with Crippen LogP contribution in [-0.4, -0.2) is 30.9 Å². The number of para-hydroxylation sites is 3. The first-order valence-corrected chi connectivity index (χ1v) is 15.9. The van der Waals surface area contributed by atoms with Gasteiger partial charge in [0.2, 0.25) is 5.78 Å². The molecule has 0 saturated heterocycles. The first-order valence-electron chi connectivity index (χ1n) is 15.9. The van der Waals surface area contributed by atoms with Crippen molar-refractivity contribution in [2.24, 2.45) is 0 Å². The average molecular weight is 831 g/mol. The second kappa shape index (κ2) is 10.7. The van der Waals surface area contributed by atoms with Crippen molar-refractivity contribution in [2.75, 3.05) is 11.9 Å². The molecule has 10 heteroatoms. The molecule has 1 aliphatic rings. The van der Waals surface area contributed by atoms with Gasteiger partial charge in [-0.05, 0) is 66.9 Å². The number of aromatic nitrogens is 4. The van der Waals surface area contributed by atoms with Gasteiger partial charge in [-0.15, -0.1) is 36.0 Å². The van der Waals surface area contributed by atoms with Gasteiger partial charge in [-0.3, -0.25) is 4.57 Å². The Morgan fingerprint density at radius 1 is 0.740 bits per heavy atom. The zero-order chi connectivity index (χ0) is 32.2. The fraction of sp³-hybridized carbons (Fsp3) is 0.0250. The molecule has 0 bridgehead atoms. The van der Waals surface area contributed by atoms with Gasteiger partial charge < -0.3 is 27.8 Å². The number of anilines is 1. The number of ether oxygens (including phenoxy) is 1. The fourth-order valence-electron chi connectivity index (χ4n) is 7.00. The van der Waals surface area contributed by atoms with Gasteiger partial charge in [0.05, 0.1) is 22.4 Å². The van der Waals surface area contributed by atoms with Crippen molar-refractivity contribution in [3.05, 3.63) is 134 Å². The Kier molecular flexibility index (Phi) is 6.20. The third kappa shape index (κ3) is 4.10. The van der Waals surface area contributed by atoms with Crippen LogP contribution < -0.4 is 9.64 Å². The minimum absolute atomic E-state index is 0. The Hall–Kier alpha value is -6.05. The molecule has 5 aromatic heterocycles. The number of rotatable bonds is 4. The summed E-state index contributed by atoms with van der Waals surface area (Å²) in [5.41, 5.74) is 7.16. The molecule has 0 radical (unpaired) electrons. The van der Waals surface area contributed by atoms with E-state index in [4.69, 9.17) is 18.6 Å². The third-order valence-corrected chi connectivity index (χ3v) is 9.19. The van der Waals surface area contributed by atoms with Crippen molar-refractivity contribution < 1.29 is 34.6 Å². The molecular formula is C40H23N6O3Pt-3. The molecule has 5 aromatic carbocycles. The average Bonchev–Trinajstić information content (AvgIpc) is 3.95. The van der Waals surface area contributed by atoms with Gasteiger partial charge in [0, 0.05) is 49.2 Å². The molecule has 6 heterocycles. The molecule has 0 aliphatic carbocycles. The maximum absolute atomic E-state index is 6.70. The molecule has 0 fully saturated rings. The van der Waals surface area contributed by atoms with Gasteiger partial charge in [0.25, 0.3) is 0 Å². The Bertz CT molecular complexity index is 2990. The first kappa shape index (κ1) is 28.9. The Morgan fingerprint density at radius 3 is 2.42 bits per heavy atom. The SMILES string of the molecule is CN1C=CN(c2[c-]c(Oc3[c-]c4c(cc3)n3c5ccccc5nc3n4-c3ccccn3)c3oc4c(ccc5c6ccccc6oc54)c3c2)[CH-]1.[Pt]. The van der Waals surface area contributed by atoms with Crippen LogP contribution in [0.3, 0.4) is 0 Å². The van der Waals surface area contributed by atoms with Crippen LogP contribution in [0.25, 0.3) is 77.5 Å². The molecule has 244 valence electrons. The van der Waals surface area contributed by atoms with Crippen molar-refractivity contribution in [1.29, 1.82) is 0 Å². The summed E-state index contributed by atoms with van der Waals surface area (Å²) >= 11 is 0. The molecule has 0 spiro atoms. The van der Waals surface area contributed by atoms with E-state index in [9.17, 15) is 0 Å². The van der Waals surface area contributed by atoms with Crippen LogP contribution in [0.2, 0.25) is 0 Å². The van der Waals surface area contributed by atoms with Crippen molar-refractivity contribution in [1.82, 2.24) is 23.8 Å². The topological polar surface area (TPSA) is 77.1 Å². The zero-order valence-electron chi connectivity index (χ0n) is 26.3. The molecule has 9 nitrogen and oxygen atoms in total. The largest absolute Gasteiger partial charge is 0.510 e. The zero-order valence-corrected chi connectivity index (χ0v) is 28.5. The van der Waals surface area contributed by atoms with Gasteiger partial charge in [-0.2, -0.15) is 6.67 Å². The number of pyridine rings is 1. The summed E-state index contributed by atoms with van der Waals surface area (Å²) in [6.07, 6.45) is 5.75. The third-order valence-electron chi connectivity index (χ3n) is 9.19. The Morgan fingerprint density at radius 2 is 1.56 bits per heavy atom. The van der Waals surface area contributed by atoms with E-state index in [0.717, 1.165) is 66.5 Å². The van der Waals surface area contributed by atoms with Crippen LogP contribution in [-0.2, 0) is 21.1 Å². The number of fused-ring (bicyclic) bond motifs is 12. The summed E-state index contributed by atoms with van der Waals surface area (Å²) in [5, 5.41) is 3.86. The van der Waals surface area contributed by atoms with Gasteiger partial charge >= 0.3 is 0 Å². The minimum Gasteiger partial charge on any atom is -0.510 e. The van der Waals surface area contributed by atoms with Gasteiger partial charge in [0.1, 0.15) is 11.4 Å². The molecular weight excluding hydrogens is 808 g/mol. The molecule has 0 saturated carbocycles.